The molecule has 2 heterocycles. The van der Waals surface area contributed by atoms with Crippen molar-refractivity contribution in [2.24, 2.45) is 0 Å². The largest absolute Gasteiger partial charge is 0.431 e. The van der Waals surface area contributed by atoms with Gasteiger partial charge in [-0.1, -0.05) is 0 Å². The second kappa shape index (κ2) is 3.40. The average Bonchev–Trinajstić information content (AvgIpc) is 2.70. The van der Waals surface area contributed by atoms with Crippen LogP contribution in [0, 0.1) is 0 Å². The third kappa shape index (κ3) is 1.59. The molecule has 0 unspecified atom stereocenters. The summed E-state index contributed by atoms with van der Waals surface area (Å²) in [4.78, 5) is 8.14. The van der Waals surface area contributed by atoms with E-state index in [0.717, 1.165) is 5.69 Å². The van der Waals surface area contributed by atoms with Gasteiger partial charge in [-0.05, 0) is 7.05 Å². The first-order valence-electron chi connectivity index (χ1n) is 3.97. The standard InChI is InChI=1S/C8H10N4O/c1-9-4-7-5-13-8(11-7)12-3-2-10-6-12/h2-3,5-6,9H,4H2,1H3. The lowest BCUT2D eigenvalue weighted by molar-refractivity contribution is 0.525. The third-order valence-corrected chi connectivity index (χ3v) is 1.62. The molecule has 0 amide bonds. The van der Waals surface area contributed by atoms with E-state index in [4.69, 9.17) is 4.42 Å². The van der Waals surface area contributed by atoms with E-state index in [1.54, 1.807) is 29.6 Å². The van der Waals surface area contributed by atoms with E-state index in [9.17, 15) is 0 Å². The maximum absolute atomic E-state index is 5.23. The van der Waals surface area contributed by atoms with E-state index < -0.39 is 0 Å². The first kappa shape index (κ1) is 8.00. The fourth-order valence-corrected chi connectivity index (χ4v) is 1.05. The number of nitrogens with one attached hydrogen (secondary N) is 1. The highest BCUT2D eigenvalue weighted by Crippen LogP contribution is 2.06. The van der Waals surface area contributed by atoms with Crippen molar-refractivity contribution in [3.63, 3.8) is 0 Å². The molecule has 0 fully saturated rings. The normalized spacial score (nSPS) is 10.5. The van der Waals surface area contributed by atoms with Crippen LogP contribution in [0.1, 0.15) is 5.69 Å². The molecule has 0 atom stereocenters. The molecule has 2 aromatic rings. The third-order valence-electron chi connectivity index (χ3n) is 1.62. The Balaban J connectivity index is 2.23. The molecule has 5 nitrogen and oxygen atoms in total. The molecule has 2 rings (SSSR count). The molecule has 0 spiro atoms. The van der Waals surface area contributed by atoms with Gasteiger partial charge in [0.05, 0.1) is 5.69 Å². The quantitative estimate of drug-likeness (QED) is 0.747. The monoisotopic (exact) mass is 178 g/mol. The minimum atomic E-state index is 0.544. The van der Waals surface area contributed by atoms with Crippen LogP contribution in [0.15, 0.2) is 29.4 Å². The van der Waals surface area contributed by atoms with Crippen LogP contribution >= 0.6 is 0 Å². The van der Waals surface area contributed by atoms with Crippen LogP contribution in [-0.2, 0) is 6.54 Å². The van der Waals surface area contributed by atoms with Gasteiger partial charge in [-0.25, -0.2) is 4.98 Å². The van der Waals surface area contributed by atoms with Crippen molar-refractivity contribution in [1.82, 2.24) is 19.9 Å². The van der Waals surface area contributed by atoms with Crippen molar-refractivity contribution in [3.05, 3.63) is 30.7 Å². The van der Waals surface area contributed by atoms with Gasteiger partial charge in [-0.3, -0.25) is 4.57 Å². The second-order valence-electron chi connectivity index (χ2n) is 2.62. The zero-order valence-electron chi connectivity index (χ0n) is 7.27. The summed E-state index contributed by atoms with van der Waals surface area (Å²) in [5.74, 6) is 0. The number of rotatable bonds is 3. The molecular formula is C8H10N4O. The SMILES string of the molecule is CNCc1coc(-n2ccnc2)n1. The van der Waals surface area contributed by atoms with Crippen LogP contribution < -0.4 is 5.32 Å². The summed E-state index contributed by atoms with van der Waals surface area (Å²) in [5.41, 5.74) is 0.881. The smallest absolute Gasteiger partial charge is 0.307 e. The summed E-state index contributed by atoms with van der Waals surface area (Å²) in [6, 6.07) is 0.544. The molecule has 0 saturated carbocycles. The summed E-state index contributed by atoms with van der Waals surface area (Å²) in [5, 5.41) is 3.00. The highest BCUT2D eigenvalue weighted by molar-refractivity contribution is 5.09. The molecule has 0 radical (unpaired) electrons. The lowest BCUT2D eigenvalue weighted by Crippen LogP contribution is -2.05. The molecule has 0 bridgehead atoms. The zero-order chi connectivity index (χ0) is 9.10. The molecule has 2 aromatic heterocycles. The van der Waals surface area contributed by atoms with Gasteiger partial charge in [0.15, 0.2) is 0 Å². The van der Waals surface area contributed by atoms with Gasteiger partial charge in [0.2, 0.25) is 0 Å². The Morgan fingerprint density at radius 1 is 1.62 bits per heavy atom. The van der Waals surface area contributed by atoms with Gasteiger partial charge in [-0.2, -0.15) is 4.98 Å². The number of hydrogen-bond acceptors (Lipinski definition) is 4. The van der Waals surface area contributed by atoms with Crippen molar-refractivity contribution in [2.45, 2.75) is 6.54 Å². The molecule has 5 heteroatoms. The Kier molecular flexibility index (Phi) is 2.09. The first-order chi connectivity index (χ1) is 6.40. The maximum atomic E-state index is 5.23. The summed E-state index contributed by atoms with van der Waals surface area (Å²) in [7, 11) is 1.87. The molecule has 0 aliphatic heterocycles. The molecule has 13 heavy (non-hydrogen) atoms. The number of imidazole rings is 1. The predicted octanol–water partition coefficient (Wildman–Crippen LogP) is 0.580. The van der Waals surface area contributed by atoms with Crippen LogP contribution in [0.5, 0.6) is 0 Å². The molecule has 0 aliphatic rings. The molecular weight excluding hydrogens is 168 g/mol. The van der Waals surface area contributed by atoms with Crippen LogP contribution in [0.25, 0.3) is 6.01 Å². The van der Waals surface area contributed by atoms with E-state index in [1.165, 1.54) is 0 Å². The van der Waals surface area contributed by atoms with Gasteiger partial charge in [0.1, 0.15) is 12.6 Å². The molecule has 0 aromatic carbocycles. The van der Waals surface area contributed by atoms with Gasteiger partial charge in [-0.15, -0.1) is 0 Å². The van der Waals surface area contributed by atoms with Crippen LogP contribution in [0.4, 0.5) is 0 Å². The topological polar surface area (TPSA) is 55.9 Å². The van der Waals surface area contributed by atoms with E-state index in [1.807, 2.05) is 7.05 Å². The molecule has 1 N–H and O–H groups in total. The van der Waals surface area contributed by atoms with Crippen molar-refractivity contribution in [2.75, 3.05) is 7.05 Å². The minimum Gasteiger partial charge on any atom is -0.431 e. The Hall–Kier alpha value is -1.62. The average molecular weight is 178 g/mol. The Bertz CT molecular complexity index is 365. The first-order valence-corrected chi connectivity index (χ1v) is 3.97. The highest BCUT2D eigenvalue weighted by atomic mass is 16.4. The van der Waals surface area contributed by atoms with E-state index in [-0.39, 0.29) is 0 Å². The fourth-order valence-electron chi connectivity index (χ4n) is 1.05. The van der Waals surface area contributed by atoms with Crippen LogP contribution in [0.3, 0.4) is 0 Å². The van der Waals surface area contributed by atoms with E-state index in [2.05, 4.69) is 15.3 Å². The zero-order valence-corrected chi connectivity index (χ0v) is 7.27. The van der Waals surface area contributed by atoms with E-state index >= 15 is 0 Å². The van der Waals surface area contributed by atoms with Crippen LogP contribution in [0.2, 0.25) is 0 Å². The Morgan fingerprint density at radius 2 is 2.54 bits per heavy atom. The summed E-state index contributed by atoms with van der Waals surface area (Å²) < 4.78 is 6.95. The number of oxazole rings is 1. The van der Waals surface area contributed by atoms with Crippen molar-refractivity contribution in [3.8, 4) is 6.01 Å². The lowest BCUT2D eigenvalue weighted by Gasteiger charge is -1.91. The van der Waals surface area contributed by atoms with E-state index in [0.29, 0.717) is 12.6 Å². The summed E-state index contributed by atoms with van der Waals surface area (Å²) in [6.45, 7) is 0.707. The van der Waals surface area contributed by atoms with Crippen LogP contribution in [-0.4, -0.2) is 21.6 Å². The number of hydrogen-bond donors (Lipinski definition) is 1. The molecule has 0 aliphatic carbocycles. The van der Waals surface area contributed by atoms with Crippen molar-refractivity contribution in [1.29, 1.82) is 0 Å². The highest BCUT2D eigenvalue weighted by Gasteiger charge is 2.03. The number of aromatic nitrogens is 3. The molecule has 0 saturated heterocycles. The lowest BCUT2D eigenvalue weighted by atomic mass is 10.5. The van der Waals surface area contributed by atoms with Crippen molar-refractivity contribution < 1.29 is 4.42 Å². The number of nitrogens with zero attached hydrogens (tertiary/aromatic N) is 3. The summed E-state index contributed by atoms with van der Waals surface area (Å²) >= 11 is 0. The van der Waals surface area contributed by atoms with Gasteiger partial charge in [0.25, 0.3) is 0 Å². The maximum Gasteiger partial charge on any atom is 0.307 e. The predicted molar refractivity (Wildman–Crippen MR) is 46.4 cm³/mol. The molecule has 68 valence electrons. The van der Waals surface area contributed by atoms with Gasteiger partial charge in [0, 0.05) is 18.9 Å². The Morgan fingerprint density at radius 3 is 3.23 bits per heavy atom. The second-order valence-corrected chi connectivity index (χ2v) is 2.62. The summed E-state index contributed by atoms with van der Waals surface area (Å²) in [6.07, 6.45) is 6.75. The van der Waals surface area contributed by atoms with Crippen molar-refractivity contribution >= 4 is 0 Å². The fraction of sp³-hybridized carbons (Fsp3) is 0.250. The minimum absolute atomic E-state index is 0.544. The Labute approximate surface area is 75.4 Å². The van der Waals surface area contributed by atoms with Gasteiger partial charge >= 0.3 is 6.01 Å². The van der Waals surface area contributed by atoms with Gasteiger partial charge < -0.3 is 9.73 Å².